The monoisotopic (exact) mass is 143 g/mol. The highest BCUT2D eigenvalue weighted by atomic mass is 16.5. The first-order valence-corrected chi connectivity index (χ1v) is 2.97. The summed E-state index contributed by atoms with van der Waals surface area (Å²) >= 11 is 0. The molecule has 0 bridgehead atoms. The van der Waals surface area contributed by atoms with Crippen molar-refractivity contribution in [2.24, 2.45) is 5.11 Å². The van der Waals surface area contributed by atoms with Gasteiger partial charge in [-0.05, 0) is 12.0 Å². The summed E-state index contributed by atoms with van der Waals surface area (Å²) in [5.74, 6) is -0.473. The van der Waals surface area contributed by atoms with Crippen LogP contribution in [-0.2, 0) is 9.53 Å². The van der Waals surface area contributed by atoms with Gasteiger partial charge in [-0.25, -0.2) is 0 Å². The van der Waals surface area contributed by atoms with E-state index in [0.29, 0.717) is 6.61 Å². The molecule has 10 heavy (non-hydrogen) atoms. The predicted octanol–water partition coefficient (Wildman–Crippen LogP) is 1.25. The molecule has 0 atom stereocenters. The first kappa shape index (κ1) is 8.78. The molecule has 0 aliphatic heterocycles. The molecule has 0 unspecified atom stereocenters. The smallest absolute Gasteiger partial charge is 0.311 e. The number of carbonyl (C=O) groups is 1. The van der Waals surface area contributed by atoms with E-state index in [9.17, 15) is 4.79 Å². The van der Waals surface area contributed by atoms with Crippen molar-refractivity contribution in [2.45, 2.75) is 13.3 Å². The van der Waals surface area contributed by atoms with Crippen molar-refractivity contribution < 1.29 is 9.53 Å². The Bertz CT molecular complexity index is 151. The van der Waals surface area contributed by atoms with Crippen LogP contribution in [0.15, 0.2) is 5.11 Å². The third-order valence-electron chi connectivity index (χ3n) is 0.730. The van der Waals surface area contributed by atoms with Crippen LogP contribution in [0, 0.1) is 0 Å². The summed E-state index contributed by atoms with van der Waals surface area (Å²) in [5.41, 5.74) is 7.79. The summed E-state index contributed by atoms with van der Waals surface area (Å²) in [5, 5.41) is 3.03. The summed E-state index contributed by atoms with van der Waals surface area (Å²) < 4.78 is 4.59. The average Bonchev–Trinajstić information content (AvgIpc) is 1.97. The number of nitrogens with zero attached hydrogens (tertiary/aromatic N) is 3. The van der Waals surface area contributed by atoms with Gasteiger partial charge < -0.3 is 4.74 Å². The predicted molar refractivity (Wildman–Crippen MR) is 35.3 cm³/mol. The number of hydrogen-bond acceptors (Lipinski definition) is 3. The fourth-order valence-electron chi connectivity index (χ4n) is 0.351. The number of ether oxygens (including phenoxy) is 1. The van der Waals surface area contributed by atoms with E-state index in [0.717, 1.165) is 6.42 Å². The van der Waals surface area contributed by atoms with Crippen LogP contribution < -0.4 is 0 Å². The quantitative estimate of drug-likeness (QED) is 0.257. The Hall–Kier alpha value is -1.22. The molecule has 5 heteroatoms. The molecule has 0 heterocycles. The first-order chi connectivity index (χ1) is 4.81. The van der Waals surface area contributed by atoms with Gasteiger partial charge in [0.05, 0.1) is 6.61 Å². The Kier molecular flexibility index (Phi) is 5.19. The zero-order valence-electron chi connectivity index (χ0n) is 5.78. The van der Waals surface area contributed by atoms with Crippen LogP contribution in [0.3, 0.4) is 0 Å². The number of carbonyl (C=O) groups excluding carboxylic acids is 1. The minimum Gasteiger partial charge on any atom is -0.466 e. The highest BCUT2D eigenvalue weighted by Crippen LogP contribution is 1.83. The number of esters is 1. The minimum absolute atomic E-state index is 0.212. The van der Waals surface area contributed by atoms with Gasteiger partial charge >= 0.3 is 5.97 Å². The molecule has 0 aliphatic carbocycles. The molecule has 5 nitrogen and oxygen atoms in total. The van der Waals surface area contributed by atoms with Gasteiger partial charge in [0.15, 0.2) is 0 Å². The lowest BCUT2D eigenvalue weighted by molar-refractivity contribution is -0.141. The molecule has 0 N–H and O–H groups in total. The van der Waals surface area contributed by atoms with Crippen molar-refractivity contribution in [3.05, 3.63) is 10.4 Å². The molecule has 0 amide bonds. The Balaban J connectivity index is 3.34. The van der Waals surface area contributed by atoms with Crippen LogP contribution in [0.5, 0.6) is 0 Å². The largest absolute Gasteiger partial charge is 0.466 e. The Morgan fingerprint density at radius 3 is 3.00 bits per heavy atom. The van der Waals surface area contributed by atoms with Gasteiger partial charge in [0.25, 0.3) is 0 Å². The summed E-state index contributed by atoms with van der Waals surface area (Å²) in [6, 6.07) is 0. The third-order valence-corrected chi connectivity index (χ3v) is 0.730. The summed E-state index contributed by atoms with van der Waals surface area (Å²) in [7, 11) is 0. The highest BCUT2D eigenvalue weighted by Gasteiger charge is 1.96. The topological polar surface area (TPSA) is 75.1 Å². The Labute approximate surface area is 58.6 Å². The van der Waals surface area contributed by atoms with Gasteiger partial charge in [0.1, 0.15) is 6.54 Å². The SMILES string of the molecule is CCCOC(=O)CN=[N+]=[N-]. The molecule has 0 aromatic carbocycles. The van der Waals surface area contributed by atoms with E-state index in [1.807, 2.05) is 6.92 Å². The van der Waals surface area contributed by atoms with Crippen LogP contribution >= 0.6 is 0 Å². The molecule has 0 aromatic heterocycles. The summed E-state index contributed by atoms with van der Waals surface area (Å²) in [6.45, 7) is 2.07. The van der Waals surface area contributed by atoms with E-state index in [4.69, 9.17) is 5.53 Å². The van der Waals surface area contributed by atoms with Crippen molar-refractivity contribution in [3.63, 3.8) is 0 Å². The minimum atomic E-state index is -0.473. The normalized spacial score (nSPS) is 8.10. The second kappa shape index (κ2) is 5.91. The molecular weight excluding hydrogens is 134 g/mol. The molecule has 0 radical (unpaired) electrons. The molecule has 0 saturated heterocycles. The van der Waals surface area contributed by atoms with Crippen molar-refractivity contribution in [2.75, 3.05) is 13.2 Å². The van der Waals surface area contributed by atoms with Gasteiger partial charge in [-0.15, -0.1) is 0 Å². The average molecular weight is 143 g/mol. The second-order valence-corrected chi connectivity index (χ2v) is 1.61. The molecular formula is C5H9N3O2. The van der Waals surface area contributed by atoms with Gasteiger partial charge in [-0.2, -0.15) is 0 Å². The maximum atomic E-state index is 10.5. The fourth-order valence-corrected chi connectivity index (χ4v) is 0.351. The number of hydrogen-bond donors (Lipinski definition) is 0. The molecule has 0 spiro atoms. The molecule has 56 valence electrons. The zero-order valence-corrected chi connectivity index (χ0v) is 5.78. The first-order valence-electron chi connectivity index (χ1n) is 2.97. The lowest BCUT2D eigenvalue weighted by Crippen LogP contribution is -2.07. The Morgan fingerprint density at radius 2 is 2.50 bits per heavy atom. The molecule has 0 saturated carbocycles. The zero-order chi connectivity index (χ0) is 7.82. The molecule has 0 rings (SSSR count). The van der Waals surface area contributed by atoms with Gasteiger partial charge in [0, 0.05) is 4.91 Å². The number of rotatable bonds is 4. The second-order valence-electron chi connectivity index (χ2n) is 1.61. The van der Waals surface area contributed by atoms with Gasteiger partial charge in [0.2, 0.25) is 0 Å². The molecule has 0 aliphatic rings. The van der Waals surface area contributed by atoms with E-state index in [1.165, 1.54) is 0 Å². The van der Waals surface area contributed by atoms with Crippen LogP contribution in [-0.4, -0.2) is 19.1 Å². The lowest BCUT2D eigenvalue weighted by atomic mass is 10.5. The van der Waals surface area contributed by atoms with Crippen LogP contribution in [0.2, 0.25) is 0 Å². The maximum absolute atomic E-state index is 10.5. The van der Waals surface area contributed by atoms with Crippen LogP contribution in [0.4, 0.5) is 0 Å². The maximum Gasteiger partial charge on any atom is 0.311 e. The van der Waals surface area contributed by atoms with E-state index in [2.05, 4.69) is 14.8 Å². The molecule has 0 fully saturated rings. The van der Waals surface area contributed by atoms with Crippen molar-refractivity contribution in [1.82, 2.24) is 0 Å². The standard InChI is InChI=1S/C5H9N3O2/c1-2-3-10-5(9)4-7-8-6/h2-4H2,1H3. The fraction of sp³-hybridized carbons (Fsp3) is 0.800. The highest BCUT2D eigenvalue weighted by molar-refractivity contribution is 5.71. The van der Waals surface area contributed by atoms with Crippen LogP contribution in [0.1, 0.15) is 13.3 Å². The van der Waals surface area contributed by atoms with E-state index in [-0.39, 0.29) is 6.54 Å². The van der Waals surface area contributed by atoms with E-state index < -0.39 is 5.97 Å². The van der Waals surface area contributed by atoms with Crippen molar-refractivity contribution in [1.29, 1.82) is 0 Å². The Morgan fingerprint density at radius 1 is 1.80 bits per heavy atom. The van der Waals surface area contributed by atoms with Crippen molar-refractivity contribution in [3.8, 4) is 0 Å². The van der Waals surface area contributed by atoms with Crippen LogP contribution in [0.25, 0.3) is 10.4 Å². The van der Waals surface area contributed by atoms with E-state index in [1.54, 1.807) is 0 Å². The van der Waals surface area contributed by atoms with Gasteiger partial charge in [-0.1, -0.05) is 12.0 Å². The third kappa shape index (κ3) is 4.93. The van der Waals surface area contributed by atoms with E-state index >= 15 is 0 Å². The van der Waals surface area contributed by atoms with Gasteiger partial charge in [-0.3, -0.25) is 4.79 Å². The lowest BCUT2D eigenvalue weighted by Gasteiger charge is -1.97. The number of azide groups is 1. The summed E-state index contributed by atoms with van der Waals surface area (Å²) in [4.78, 5) is 12.9. The molecule has 0 aromatic rings. The van der Waals surface area contributed by atoms with Crippen molar-refractivity contribution >= 4 is 5.97 Å². The summed E-state index contributed by atoms with van der Waals surface area (Å²) in [6.07, 6.45) is 0.780.